The van der Waals surface area contributed by atoms with Crippen molar-refractivity contribution in [3.63, 3.8) is 0 Å². The fraction of sp³-hybridized carbons (Fsp3) is 0.462. The molecular formula is C13H16O3. The summed E-state index contributed by atoms with van der Waals surface area (Å²) in [6, 6.07) is 3.71. The molecule has 0 radical (unpaired) electrons. The van der Waals surface area contributed by atoms with E-state index in [1.807, 2.05) is 6.07 Å². The molecule has 3 nitrogen and oxygen atoms in total. The Hall–Kier alpha value is -1.51. The number of phenolic OH excluding ortho intramolecular Hbond substituents is 1. The predicted molar refractivity (Wildman–Crippen MR) is 60.8 cm³/mol. The fourth-order valence-corrected chi connectivity index (χ4v) is 2.31. The van der Waals surface area contributed by atoms with E-state index in [0.29, 0.717) is 5.56 Å². The van der Waals surface area contributed by atoms with E-state index < -0.39 is 11.9 Å². The Bertz CT molecular complexity index is 423. The van der Waals surface area contributed by atoms with Gasteiger partial charge in [0.2, 0.25) is 0 Å². The van der Waals surface area contributed by atoms with E-state index in [1.54, 1.807) is 13.0 Å². The van der Waals surface area contributed by atoms with Gasteiger partial charge in [0.25, 0.3) is 0 Å². The van der Waals surface area contributed by atoms with Gasteiger partial charge in [-0.2, -0.15) is 0 Å². The molecule has 0 saturated heterocycles. The van der Waals surface area contributed by atoms with Crippen LogP contribution in [0.5, 0.6) is 5.75 Å². The Morgan fingerprint density at radius 3 is 2.69 bits per heavy atom. The van der Waals surface area contributed by atoms with Crippen molar-refractivity contribution in [3.05, 3.63) is 28.8 Å². The van der Waals surface area contributed by atoms with E-state index in [-0.39, 0.29) is 5.75 Å². The highest BCUT2D eigenvalue weighted by Crippen LogP contribution is 2.35. The second-order valence-electron chi connectivity index (χ2n) is 4.41. The number of hydrogen-bond acceptors (Lipinski definition) is 2. The first-order chi connectivity index (χ1) is 7.61. The van der Waals surface area contributed by atoms with E-state index in [9.17, 15) is 9.90 Å². The Kier molecular flexibility index (Phi) is 2.86. The molecule has 1 aliphatic carbocycles. The van der Waals surface area contributed by atoms with Gasteiger partial charge in [-0.25, -0.2) is 0 Å². The zero-order chi connectivity index (χ0) is 11.7. The number of carboxylic acids is 1. The lowest BCUT2D eigenvalue weighted by Gasteiger charge is -2.20. The van der Waals surface area contributed by atoms with Gasteiger partial charge < -0.3 is 10.2 Å². The molecule has 0 bridgehead atoms. The summed E-state index contributed by atoms with van der Waals surface area (Å²) < 4.78 is 0. The highest BCUT2D eigenvalue weighted by Gasteiger charge is 2.22. The van der Waals surface area contributed by atoms with Crippen LogP contribution in [0.2, 0.25) is 0 Å². The predicted octanol–water partition coefficient (Wildman–Crippen LogP) is 2.46. The number of fused-ring (bicyclic) bond motifs is 1. The molecule has 1 atom stereocenters. The molecule has 1 aromatic carbocycles. The zero-order valence-electron chi connectivity index (χ0n) is 9.36. The Morgan fingerprint density at radius 1 is 1.31 bits per heavy atom. The minimum atomic E-state index is -0.897. The summed E-state index contributed by atoms with van der Waals surface area (Å²) in [5, 5.41) is 19.0. The molecule has 3 heteroatoms. The van der Waals surface area contributed by atoms with Crippen LogP contribution in [-0.2, 0) is 17.6 Å². The van der Waals surface area contributed by atoms with Crippen molar-refractivity contribution in [3.8, 4) is 5.75 Å². The number of aliphatic carboxylic acids is 1. The van der Waals surface area contributed by atoms with Crippen LogP contribution in [0, 0.1) is 0 Å². The van der Waals surface area contributed by atoms with Crippen molar-refractivity contribution in [2.75, 3.05) is 0 Å². The van der Waals surface area contributed by atoms with Crippen molar-refractivity contribution in [2.24, 2.45) is 0 Å². The van der Waals surface area contributed by atoms with Gasteiger partial charge in [-0.05, 0) is 43.7 Å². The quantitative estimate of drug-likeness (QED) is 0.804. The maximum absolute atomic E-state index is 10.9. The summed E-state index contributed by atoms with van der Waals surface area (Å²) >= 11 is 0. The largest absolute Gasteiger partial charge is 0.507 e. The van der Waals surface area contributed by atoms with Crippen molar-refractivity contribution >= 4 is 5.97 Å². The topological polar surface area (TPSA) is 57.5 Å². The smallest absolute Gasteiger partial charge is 0.310 e. The summed E-state index contributed by atoms with van der Waals surface area (Å²) in [7, 11) is 0. The van der Waals surface area contributed by atoms with Crippen molar-refractivity contribution < 1.29 is 15.0 Å². The van der Waals surface area contributed by atoms with Crippen molar-refractivity contribution in [2.45, 2.75) is 38.5 Å². The average molecular weight is 220 g/mol. The van der Waals surface area contributed by atoms with Gasteiger partial charge in [0, 0.05) is 5.56 Å². The molecule has 0 spiro atoms. The summed E-state index contributed by atoms with van der Waals surface area (Å²) in [6.45, 7) is 1.60. The van der Waals surface area contributed by atoms with E-state index in [2.05, 4.69) is 0 Å². The van der Waals surface area contributed by atoms with E-state index in [0.717, 1.165) is 31.2 Å². The van der Waals surface area contributed by atoms with Gasteiger partial charge in [0.05, 0.1) is 5.92 Å². The Morgan fingerprint density at radius 2 is 2.00 bits per heavy atom. The van der Waals surface area contributed by atoms with Gasteiger partial charge in [-0.1, -0.05) is 12.1 Å². The van der Waals surface area contributed by atoms with Gasteiger partial charge in [0.1, 0.15) is 5.75 Å². The molecule has 16 heavy (non-hydrogen) atoms. The molecule has 1 unspecified atom stereocenters. The second kappa shape index (κ2) is 4.16. The fourth-order valence-electron chi connectivity index (χ4n) is 2.31. The molecule has 0 heterocycles. The summed E-state index contributed by atoms with van der Waals surface area (Å²) in [6.07, 6.45) is 4.08. The molecule has 0 aliphatic heterocycles. The van der Waals surface area contributed by atoms with E-state index in [4.69, 9.17) is 5.11 Å². The molecule has 0 fully saturated rings. The maximum Gasteiger partial charge on any atom is 0.310 e. The number of phenols is 1. The van der Waals surface area contributed by atoms with Gasteiger partial charge in [0.15, 0.2) is 0 Å². The van der Waals surface area contributed by atoms with Crippen LogP contribution in [0.4, 0.5) is 0 Å². The lowest BCUT2D eigenvalue weighted by molar-refractivity contribution is -0.138. The number of aryl methyl sites for hydroxylation is 1. The summed E-state index contributed by atoms with van der Waals surface area (Å²) in [5.41, 5.74) is 2.66. The lowest BCUT2D eigenvalue weighted by atomic mass is 9.87. The Balaban J connectivity index is 2.45. The molecule has 2 rings (SSSR count). The van der Waals surface area contributed by atoms with Crippen LogP contribution in [0.3, 0.4) is 0 Å². The van der Waals surface area contributed by atoms with Crippen LogP contribution < -0.4 is 0 Å². The Labute approximate surface area is 94.7 Å². The van der Waals surface area contributed by atoms with Crippen LogP contribution in [0.1, 0.15) is 42.4 Å². The molecule has 0 saturated carbocycles. The minimum absolute atomic E-state index is 0.201. The molecule has 86 valence electrons. The normalized spacial score (nSPS) is 16.6. The molecule has 1 aromatic rings. The van der Waals surface area contributed by atoms with Crippen LogP contribution in [-0.4, -0.2) is 16.2 Å². The molecule has 0 aromatic heterocycles. The molecule has 0 amide bonds. The van der Waals surface area contributed by atoms with Crippen molar-refractivity contribution in [1.29, 1.82) is 0 Å². The second-order valence-corrected chi connectivity index (χ2v) is 4.41. The monoisotopic (exact) mass is 220 g/mol. The average Bonchev–Trinajstić information content (AvgIpc) is 2.29. The van der Waals surface area contributed by atoms with Gasteiger partial charge in [-0.15, -0.1) is 0 Å². The van der Waals surface area contributed by atoms with Crippen molar-refractivity contribution in [1.82, 2.24) is 0 Å². The van der Waals surface area contributed by atoms with Crippen LogP contribution >= 0.6 is 0 Å². The third-order valence-corrected chi connectivity index (χ3v) is 3.37. The third-order valence-electron chi connectivity index (χ3n) is 3.37. The van der Waals surface area contributed by atoms with E-state index >= 15 is 0 Å². The zero-order valence-corrected chi connectivity index (χ0v) is 9.36. The number of carbonyl (C=O) groups is 1. The highest BCUT2D eigenvalue weighted by atomic mass is 16.4. The standard InChI is InChI=1S/C13H16O3/c1-8(13(15)16)10-7-6-9-4-2-3-5-11(9)12(10)14/h6-8,14H,2-5H2,1H3,(H,15,16). The first-order valence-electron chi connectivity index (χ1n) is 5.67. The SMILES string of the molecule is CC(C(=O)O)c1ccc2c(c1O)CCCC2. The molecular weight excluding hydrogens is 204 g/mol. The van der Waals surface area contributed by atoms with Gasteiger partial charge >= 0.3 is 5.97 Å². The first kappa shape index (κ1) is 11.0. The number of aromatic hydroxyl groups is 1. The van der Waals surface area contributed by atoms with Crippen LogP contribution in [0.15, 0.2) is 12.1 Å². The minimum Gasteiger partial charge on any atom is -0.507 e. The number of hydrogen-bond donors (Lipinski definition) is 2. The molecule has 1 aliphatic rings. The number of rotatable bonds is 2. The first-order valence-corrected chi connectivity index (χ1v) is 5.67. The highest BCUT2D eigenvalue weighted by molar-refractivity contribution is 5.77. The maximum atomic E-state index is 10.9. The summed E-state index contributed by atoms with van der Waals surface area (Å²) in [5.74, 6) is -1.34. The third kappa shape index (κ3) is 1.77. The lowest BCUT2D eigenvalue weighted by Crippen LogP contribution is -2.10. The van der Waals surface area contributed by atoms with E-state index in [1.165, 1.54) is 5.56 Å². The summed E-state index contributed by atoms with van der Waals surface area (Å²) in [4.78, 5) is 10.9. The van der Waals surface area contributed by atoms with Crippen LogP contribution in [0.25, 0.3) is 0 Å². The molecule has 2 N–H and O–H groups in total. The number of carboxylic acid groups (broad SMARTS) is 1. The number of benzene rings is 1. The van der Waals surface area contributed by atoms with Gasteiger partial charge in [-0.3, -0.25) is 4.79 Å².